The Morgan fingerprint density at radius 2 is 2.11 bits per heavy atom. The maximum absolute atomic E-state index is 13.5. The van der Waals surface area contributed by atoms with E-state index in [-0.39, 0.29) is 11.9 Å². The summed E-state index contributed by atoms with van der Waals surface area (Å²) in [6, 6.07) is 5.08. The van der Waals surface area contributed by atoms with E-state index in [1.54, 1.807) is 19.2 Å². The van der Waals surface area contributed by atoms with Crippen LogP contribution in [0.2, 0.25) is 5.15 Å². The van der Waals surface area contributed by atoms with Crippen LogP contribution in [-0.4, -0.2) is 9.97 Å². The second kappa shape index (κ2) is 5.31. The summed E-state index contributed by atoms with van der Waals surface area (Å²) in [5.74, 6) is 0.356. The molecule has 1 aromatic carbocycles. The van der Waals surface area contributed by atoms with Gasteiger partial charge in [0, 0.05) is 0 Å². The van der Waals surface area contributed by atoms with Crippen LogP contribution in [0, 0.1) is 12.7 Å². The van der Waals surface area contributed by atoms with E-state index >= 15 is 0 Å². The molecule has 5 heteroatoms. The number of rotatable bonds is 3. The van der Waals surface area contributed by atoms with Crippen molar-refractivity contribution in [1.82, 2.24) is 9.97 Å². The Labute approximate surface area is 110 Å². The van der Waals surface area contributed by atoms with Crippen LogP contribution in [0.3, 0.4) is 0 Å². The third kappa shape index (κ3) is 2.96. The van der Waals surface area contributed by atoms with Gasteiger partial charge < -0.3 is 5.32 Å². The van der Waals surface area contributed by atoms with Crippen molar-refractivity contribution >= 4 is 17.4 Å². The van der Waals surface area contributed by atoms with E-state index in [4.69, 9.17) is 11.6 Å². The number of aromatic nitrogens is 2. The zero-order valence-electron chi connectivity index (χ0n) is 10.1. The first-order valence-electron chi connectivity index (χ1n) is 5.56. The number of nitrogens with zero attached hydrogens (tertiary/aromatic N) is 2. The summed E-state index contributed by atoms with van der Waals surface area (Å²) < 4.78 is 13.5. The fourth-order valence-corrected chi connectivity index (χ4v) is 1.74. The Morgan fingerprint density at radius 3 is 2.78 bits per heavy atom. The van der Waals surface area contributed by atoms with Gasteiger partial charge in [-0.15, -0.1) is 0 Å². The van der Waals surface area contributed by atoms with Crippen molar-refractivity contribution < 1.29 is 4.39 Å². The molecule has 0 bridgehead atoms. The van der Waals surface area contributed by atoms with Gasteiger partial charge in [0.25, 0.3) is 0 Å². The van der Waals surface area contributed by atoms with Gasteiger partial charge in [0.15, 0.2) is 0 Å². The van der Waals surface area contributed by atoms with Gasteiger partial charge in [-0.25, -0.2) is 9.37 Å². The average molecular weight is 266 g/mol. The van der Waals surface area contributed by atoms with E-state index in [1.165, 1.54) is 12.3 Å². The van der Waals surface area contributed by atoms with E-state index < -0.39 is 0 Å². The van der Waals surface area contributed by atoms with Crippen molar-refractivity contribution in [3.63, 3.8) is 0 Å². The summed E-state index contributed by atoms with van der Waals surface area (Å²) in [4.78, 5) is 8.01. The van der Waals surface area contributed by atoms with Crippen LogP contribution in [0.5, 0.6) is 0 Å². The van der Waals surface area contributed by atoms with E-state index in [1.807, 2.05) is 13.0 Å². The minimum atomic E-state index is -0.210. The molecule has 0 aliphatic carbocycles. The molecule has 0 saturated carbocycles. The lowest BCUT2D eigenvalue weighted by molar-refractivity contribution is 0.614. The predicted molar refractivity (Wildman–Crippen MR) is 70.2 cm³/mol. The van der Waals surface area contributed by atoms with Crippen molar-refractivity contribution in [3.8, 4) is 0 Å². The number of nitrogens with one attached hydrogen (secondary N) is 1. The molecule has 3 nitrogen and oxygen atoms in total. The van der Waals surface area contributed by atoms with Gasteiger partial charge in [-0.05, 0) is 31.0 Å². The minimum absolute atomic E-state index is 0.0760. The summed E-state index contributed by atoms with van der Waals surface area (Å²) >= 11 is 5.75. The fourth-order valence-electron chi connectivity index (χ4n) is 1.60. The molecule has 0 amide bonds. The van der Waals surface area contributed by atoms with Crippen LogP contribution in [0.4, 0.5) is 10.2 Å². The molecule has 2 rings (SSSR count). The number of aryl methyl sites for hydroxylation is 1. The predicted octanol–water partition coefficient (Wildman–Crippen LogP) is 3.75. The molecule has 0 radical (unpaired) electrons. The van der Waals surface area contributed by atoms with Crippen LogP contribution < -0.4 is 5.32 Å². The summed E-state index contributed by atoms with van der Waals surface area (Å²) in [6.07, 6.45) is 3.04. The van der Waals surface area contributed by atoms with Crippen molar-refractivity contribution in [2.24, 2.45) is 0 Å². The Bertz CT molecular complexity index is 560. The monoisotopic (exact) mass is 265 g/mol. The second-order valence-corrected chi connectivity index (χ2v) is 4.49. The molecule has 0 fully saturated rings. The fraction of sp³-hybridized carbons (Fsp3) is 0.231. The van der Waals surface area contributed by atoms with Crippen molar-refractivity contribution in [2.45, 2.75) is 19.9 Å². The molecule has 18 heavy (non-hydrogen) atoms. The first-order valence-corrected chi connectivity index (χ1v) is 5.94. The summed E-state index contributed by atoms with van der Waals surface area (Å²) in [7, 11) is 0. The number of hydrogen-bond acceptors (Lipinski definition) is 3. The maximum Gasteiger partial charge on any atom is 0.149 e. The Kier molecular flexibility index (Phi) is 3.77. The van der Waals surface area contributed by atoms with Gasteiger partial charge in [-0.2, -0.15) is 0 Å². The number of hydrogen-bond donors (Lipinski definition) is 1. The number of halogens is 2. The molecule has 0 aliphatic rings. The Hall–Kier alpha value is -1.68. The highest BCUT2D eigenvalue weighted by atomic mass is 35.5. The topological polar surface area (TPSA) is 37.8 Å². The zero-order valence-corrected chi connectivity index (χ0v) is 10.9. The Morgan fingerprint density at radius 1 is 1.33 bits per heavy atom. The summed E-state index contributed by atoms with van der Waals surface area (Å²) in [5, 5.41) is 3.44. The average Bonchev–Trinajstić information content (AvgIpc) is 2.32. The highest BCUT2D eigenvalue weighted by molar-refractivity contribution is 6.29. The van der Waals surface area contributed by atoms with Gasteiger partial charge in [0.1, 0.15) is 16.8 Å². The minimum Gasteiger partial charge on any atom is -0.362 e. The lowest BCUT2D eigenvalue weighted by Crippen LogP contribution is -2.08. The van der Waals surface area contributed by atoms with Crippen LogP contribution in [0.15, 0.2) is 30.6 Å². The lowest BCUT2D eigenvalue weighted by Gasteiger charge is -2.15. The highest BCUT2D eigenvalue weighted by Crippen LogP contribution is 2.20. The smallest absolute Gasteiger partial charge is 0.149 e. The first kappa shape index (κ1) is 12.8. The molecule has 2 aromatic rings. The maximum atomic E-state index is 13.5. The second-order valence-electron chi connectivity index (χ2n) is 4.10. The molecule has 1 atom stereocenters. The molecule has 1 N–H and O–H groups in total. The van der Waals surface area contributed by atoms with Crippen LogP contribution >= 0.6 is 11.6 Å². The summed E-state index contributed by atoms with van der Waals surface area (Å²) in [5.41, 5.74) is 1.48. The molecular formula is C13H13ClFN3. The van der Waals surface area contributed by atoms with Gasteiger partial charge in [-0.3, -0.25) is 4.98 Å². The Balaban J connectivity index is 2.16. The standard InChI is InChI=1S/C13H13ClFN3/c1-8-3-4-10(5-11(8)15)9(2)17-13-7-16-6-12(14)18-13/h3-7,9H,1-2H3,(H,17,18). The third-order valence-corrected chi connectivity index (χ3v) is 2.85. The highest BCUT2D eigenvalue weighted by Gasteiger charge is 2.08. The molecule has 1 unspecified atom stereocenters. The molecule has 0 aliphatic heterocycles. The van der Waals surface area contributed by atoms with Gasteiger partial charge in [0.2, 0.25) is 0 Å². The van der Waals surface area contributed by atoms with Crippen molar-refractivity contribution in [1.29, 1.82) is 0 Å². The third-order valence-electron chi connectivity index (χ3n) is 2.67. The SMILES string of the molecule is Cc1ccc(C(C)Nc2cncc(Cl)n2)cc1F. The van der Waals surface area contributed by atoms with E-state index in [2.05, 4.69) is 15.3 Å². The molecule has 0 saturated heterocycles. The van der Waals surface area contributed by atoms with E-state index in [9.17, 15) is 4.39 Å². The molecule has 94 valence electrons. The lowest BCUT2D eigenvalue weighted by atomic mass is 10.1. The van der Waals surface area contributed by atoms with Crippen LogP contribution in [0.1, 0.15) is 24.1 Å². The molecular weight excluding hydrogens is 253 g/mol. The van der Waals surface area contributed by atoms with E-state index in [0.29, 0.717) is 16.5 Å². The normalized spacial score (nSPS) is 12.2. The molecule has 1 heterocycles. The number of anilines is 1. The van der Waals surface area contributed by atoms with Crippen molar-refractivity contribution in [2.75, 3.05) is 5.32 Å². The largest absolute Gasteiger partial charge is 0.362 e. The van der Waals surface area contributed by atoms with E-state index in [0.717, 1.165) is 5.56 Å². The molecule has 1 aromatic heterocycles. The van der Waals surface area contributed by atoms with Crippen LogP contribution in [-0.2, 0) is 0 Å². The van der Waals surface area contributed by atoms with Gasteiger partial charge in [0.05, 0.1) is 18.4 Å². The first-order chi connectivity index (χ1) is 8.56. The zero-order chi connectivity index (χ0) is 13.1. The van der Waals surface area contributed by atoms with Gasteiger partial charge >= 0.3 is 0 Å². The molecule has 0 spiro atoms. The quantitative estimate of drug-likeness (QED) is 0.918. The number of benzene rings is 1. The summed E-state index contributed by atoms with van der Waals surface area (Å²) in [6.45, 7) is 3.66. The van der Waals surface area contributed by atoms with Gasteiger partial charge in [-0.1, -0.05) is 23.7 Å². The van der Waals surface area contributed by atoms with Crippen LogP contribution in [0.25, 0.3) is 0 Å². The van der Waals surface area contributed by atoms with Crippen molar-refractivity contribution in [3.05, 3.63) is 52.7 Å².